The molecule has 3 fully saturated rings. The summed E-state index contributed by atoms with van der Waals surface area (Å²) in [5, 5.41) is 0. The number of hydrogen-bond donors (Lipinski definition) is 0. The van der Waals surface area contributed by atoms with Gasteiger partial charge in [-0.2, -0.15) is 0 Å². The van der Waals surface area contributed by atoms with Gasteiger partial charge in [-0.3, -0.25) is 28.8 Å². The van der Waals surface area contributed by atoms with E-state index in [0.29, 0.717) is 5.92 Å². The van der Waals surface area contributed by atoms with E-state index in [1.165, 1.54) is 11.1 Å². The number of cyclic esters (lactones) is 6. The minimum Gasteiger partial charge on any atom is -0.393 e. The lowest BCUT2D eigenvalue weighted by molar-refractivity contribution is -0.156. The van der Waals surface area contributed by atoms with Gasteiger partial charge in [0.15, 0.2) is 0 Å². The van der Waals surface area contributed by atoms with E-state index in [4.69, 9.17) is 0 Å². The van der Waals surface area contributed by atoms with Crippen LogP contribution in [0.1, 0.15) is 128 Å². The van der Waals surface area contributed by atoms with Crippen LogP contribution in [-0.4, -0.2) is 35.8 Å². The van der Waals surface area contributed by atoms with Gasteiger partial charge in [0.25, 0.3) is 0 Å². The third-order valence-corrected chi connectivity index (χ3v) is 9.67. The number of carbonyl (C=O) groups is 6. The quantitative estimate of drug-likeness (QED) is 0.0906. The largest absolute Gasteiger partial charge is 0.393 e. The van der Waals surface area contributed by atoms with Crippen molar-refractivity contribution in [3.8, 4) is 0 Å². The van der Waals surface area contributed by atoms with E-state index in [1.54, 1.807) is 13.8 Å². The number of hydrogen-bond acceptors (Lipinski definition) is 9. The Morgan fingerprint density at radius 3 is 1.85 bits per heavy atom. The molecule has 260 valence electrons. The summed E-state index contributed by atoms with van der Waals surface area (Å²) in [6, 6.07) is 0. The van der Waals surface area contributed by atoms with Gasteiger partial charge >= 0.3 is 35.8 Å². The molecule has 9 heteroatoms. The van der Waals surface area contributed by atoms with Crippen LogP contribution in [0.2, 0.25) is 0 Å². The number of allylic oxidation sites excluding steroid dienone is 4. The number of ether oxygens (including phenoxy) is 3. The van der Waals surface area contributed by atoms with Crippen molar-refractivity contribution in [1.82, 2.24) is 0 Å². The fraction of sp³-hybridized carbons (Fsp3) is 0.730. The van der Waals surface area contributed by atoms with Crippen molar-refractivity contribution in [3.05, 3.63) is 23.3 Å². The smallest absolute Gasteiger partial charge is 0.318 e. The van der Waals surface area contributed by atoms with E-state index in [9.17, 15) is 28.8 Å². The molecule has 3 heterocycles. The molecule has 7 atom stereocenters. The predicted molar refractivity (Wildman–Crippen MR) is 176 cm³/mol. The maximum atomic E-state index is 11.5. The highest BCUT2D eigenvalue weighted by Gasteiger charge is 2.48. The summed E-state index contributed by atoms with van der Waals surface area (Å²) in [5.74, 6) is -2.94. The second-order valence-corrected chi connectivity index (χ2v) is 14.0. The summed E-state index contributed by atoms with van der Waals surface area (Å²) in [6.07, 6.45) is 11.6. The standard InChI is InChI=1S/C16H24O3.C11H18O3.C10H16O3/c1-5-11(2)7-6-8-12(3)9-13(4)14-10-15(17)19-16(14)18;1-4-5-7(2)6-9-8(3)10(12)14-11(9)13;1-5-10(3,4)7-6(2)8(11)13-9(7)12/h7,9,13-14H,5-6,8,10H2,1-4H3;7-9H,4-6H2,1-3H3;6-7H,5H2,1-4H3/b11-7+,12-9+;;. The molecule has 0 N–H and O–H groups in total. The lowest BCUT2D eigenvalue weighted by Crippen LogP contribution is -2.31. The first-order chi connectivity index (χ1) is 21.4. The monoisotopic (exact) mass is 646 g/mol. The van der Waals surface area contributed by atoms with E-state index in [2.05, 4.69) is 61.0 Å². The third kappa shape index (κ3) is 12.3. The molecule has 0 aliphatic carbocycles. The zero-order valence-corrected chi connectivity index (χ0v) is 30.0. The van der Waals surface area contributed by atoms with Crippen LogP contribution in [0, 0.1) is 46.8 Å². The zero-order valence-electron chi connectivity index (χ0n) is 30.0. The first-order valence-electron chi connectivity index (χ1n) is 17.0. The van der Waals surface area contributed by atoms with Crippen molar-refractivity contribution in [1.29, 1.82) is 0 Å². The molecular weight excluding hydrogens is 588 g/mol. The minimum atomic E-state index is -0.394. The molecule has 0 radical (unpaired) electrons. The van der Waals surface area contributed by atoms with E-state index in [1.807, 2.05) is 27.7 Å². The average Bonchev–Trinajstić information content (AvgIpc) is 3.54. The molecule has 0 bridgehead atoms. The molecular formula is C37H58O9. The first-order valence-corrected chi connectivity index (χ1v) is 17.0. The lowest BCUT2D eigenvalue weighted by atomic mass is 9.72. The van der Waals surface area contributed by atoms with Gasteiger partial charge in [0.2, 0.25) is 0 Å². The van der Waals surface area contributed by atoms with Gasteiger partial charge in [0.05, 0.1) is 36.0 Å². The molecule has 3 aliphatic rings. The second-order valence-electron chi connectivity index (χ2n) is 14.0. The van der Waals surface area contributed by atoms with Crippen LogP contribution >= 0.6 is 0 Å². The van der Waals surface area contributed by atoms with Crippen molar-refractivity contribution in [2.75, 3.05) is 0 Å². The van der Waals surface area contributed by atoms with Crippen LogP contribution in [0.5, 0.6) is 0 Å². The second kappa shape index (κ2) is 18.9. The highest BCUT2D eigenvalue weighted by molar-refractivity contribution is 5.97. The van der Waals surface area contributed by atoms with Crippen LogP contribution in [0.25, 0.3) is 0 Å². The van der Waals surface area contributed by atoms with Crippen molar-refractivity contribution >= 4 is 35.8 Å². The molecule has 7 unspecified atom stereocenters. The Bertz CT molecular complexity index is 1160. The lowest BCUT2D eigenvalue weighted by Gasteiger charge is -2.28. The predicted octanol–water partition coefficient (Wildman–Crippen LogP) is 7.70. The average molecular weight is 647 g/mol. The van der Waals surface area contributed by atoms with Crippen LogP contribution in [-0.2, 0) is 43.0 Å². The van der Waals surface area contributed by atoms with Gasteiger partial charge < -0.3 is 14.2 Å². The molecule has 3 rings (SSSR count). The summed E-state index contributed by atoms with van der Waals surface area (Å²) in [6.45, 7) is 22.1. The van der Waals surface area contributed by atoms with Gasteiger partial charge in [0.1, 0.15) is 0 Å². The molecule has 0 aromatic carbocycles. The van der Waals surface area contributed by atoms with Gasteiger partial charge in [-0.05, 0) is 56.8 Å². The van der Waals surface area contributed by atoms with Crippen molar-refractivity contribution in [2.24, 2.45) is 46.8 Å². The van der Waals surface area contributed by atoms with Crippen molar-refractivity contribution in [2.45, 2.75) is 128 Å². The summed E-state index contributed by atoms with van der Waals surface area (Å²) in [7, 11) is 0. The highest BCUT2D eigenvalue weighted by atomic mass is 16.6. The van der Waals surface area contributed by atoms with Crippen LogP contribution in [0.15, 0.2) is 23.3 Å². The Labute approximate surface area is 276 Å². The number of esters is 6. The number of carbonyl (C=O) groups excluding carboxylic acids is 6. The van der Waals surface area contributed by atoms with Gasteiger partial charge in [0, 0.05) is 0 Å². The Hall–Kier alpha value is -3.10. The number of rotatable bonds is 12. The summed E-state index contributed by atoms with van der Waals surface area (Å²) in [4.78, 5) is 67.4. The van der Waals surface area contributed by atoms with Crippen LogP contribution in [0.4, 0.5) is 0 Å². The van der Waals surface area contributed by atoms with Gasteiger partial charge in [-0.15, -0.1) is 0 Å². The fourth-order valence-electron chi connectivity index (χ4n) is 6.02. The molecule has 46 heavy (non-hydrogen) atoms. The van der Waals surface area contributed by atoms with E-state index in [-0.39, 0.29) is 77.2 Å². The van der Waals surface area contributed by atoms with Crippen LogP contribution < -0.4 is 0 Å². The zero-order chi connectivity index (χ0) is 35.4. The maximum absolute atomic E-state index is 11.5. The maximum Gasteiger partial charge on any atom is 0.318 e. The first kappa shape index (κ1) is 40.9. The van der Waals surface area contributed by atoms with E-state index >= 15 is 0 Å². The van der Waals surface area contributed by atoms with E-state index < -0.39 is 5.97 Å². The Morgan fingerprint density at radius 2 is 1.41 bits per heavy atom. The van der Waals surface area contributed by atoms with Crippen molar-refractivity contribution < 1.29 is 43.0 Å². The van der Waals surface area contributed by atoms with Gasteiger partial charge in [-0.1, -0.05) is 105 Å². The molecule has 0 saturated carbocycles. The van der Waals surface area contributed by atoms with Gasteiger partial charge in [-0.25, -0.2) is 0 Å². The molecule has 3 aliphatic heterocycles. The SMILES string of the molecule is CC/C(C)=C/CC/C(C)=C/C(C)C1CC(=O)OC1=O.CCC(C)(C)C1C(=O)OC(=O)C1C.CCCC(C)CC1C(=O)OC(=O)C1C. The third-order valence-electron chi connectivity index (χ3n) is 9.67. The minimum absolute atomic E-state index is 0.0650. The molecule has 0 amide bonds. The molecule has 0 aromatic rings. The van der Waals surface area contributed by atoms with Crippen LogP contribution in [0.3, 0.4) is 0 Å². The molecule has 0 aromatic heterocycles. The highest BCUT2D eigenvalue weighted by Crippen LogP contribution is 2.40. The molecule has 3 saturated heterocycles. The van der Waals surface area contributed by atoms with E-state index in [0.717, 1.165) is 44.9 Å². The molecule has 9 nitrogen and oxygen atoms in total. The Balaban J connectivity index is 0.000000353. The Morgan fingerprint density at radius 1 is 0.826 bits per heavy atom. The summed E-state index contributed by atoms with van der Waals surface area (Å²) in [5.41, 5.74) is 2.52. The Kier molecular flexibility index (Phi) is 16.8. The van der Waals surface area contributed by atoms with Crippen molar-refractivity contribution in [3.63, 3.8) is 0 Å². The normalized spacial score (nSPS) is 26.5. The summed E-state index contributed by atoms with van der Waals surface area (Å²) >= 11 is 0. The summed E-state index contributed by atoms with van der Waals surface area (Å²) < 4.78 is 13.8. The molecule has 0 spiro atoms. The fourth-order valence-corrected chi connectivity index (χ4v) is 6.02. The topological polar surface area (TPSA) is 130 Å².